The van der Waals surface area contributed by atoms with Crippen molar-refractivity contribution >= 4 is 5.97 Å². The molecule has 4 heteroatoms. The third kappa shape index (κ3) is 2.64. The fourth-order valence-electron chi connectivity index (χ4n) is 2.57. The van der Waals surface area contributed by atoms with Gasteiger partial charge in [0.25, 0.3) is 0 Å². The summed E-state index contributed by atoms with van der Waals surface area (Å²) in [6, 6.07) is 7.78. The first-order valence-corrected chi connectivity index (χ1v) is 6.26. The number of carboxylic acid groups (broad SMARTS) is 1. The van der Waals surface area contributed by atoms with Crippen LogP contribution in [0, 0.1) is 5.92 Å². The van der Waals surface area contributed by atoms with Gasteiger partial charge in [0, 0.05) is 19.0 Å². The number of rotatable bonds is 4. The Hall–Kier alpha value is -1.55. The van der Waals surface area contributed by atoms with E-state index in [0.29, 0.717) is 13.2 Å². The van der Waals surface area contributed by atoms with Gasteiger partial charge in [-0.2, -0.15) is 0 Å². The second-order valence-electron chi connectivity index (χ2n) is 4.77. The molecule has 0 bridgehead atoms. The smallest absolute Gasteiger partial charge is 0.308 e. The highest BCUT2D eigenvalue weighted by Gasteiger charge is 2.36. The first-order chi connectivity index (χ1) is 8.61. The number of benzene rings is 1. The highest BCUT2D eigenvalue weighted by Crippen LogP contribution is 2.32. The van der Waals surface area contributed by atoms with E-state index in [1.807, 2.05) is 38.2 Å². The molecule has 0 amide bonds. The molecule has 1 N–H and O–H groups in total. The fourth-order valence-corrected chi connectivity index (χ4v) is 2.57. The molecular formula is C14H19NO3. The number of carbonyl (C=O) groups is 1. The molecule has 1 aliphatic heterocycles. The molecule has 1 fully saturated rings. The van der Waals surface area contributed by atoms with E-state index in [1.54, 1.807) is 0 Å². The second-order valence-corrected chi connectivity index (χ2v) is 4.77. The van der Waals surface area contributed by atoms with Crippen LogP contribution in [-0.2, 0) is 4.79 Å². The molecule has 0 aliphatic carbocycles. The molecule has 0 aromatic heterocycles. The summed E-state index contributed by atoms with van der Waals surface area (Å²) in [5, 5.41) is 9.25. The summed E-state index contributed by atoms with van der Waals surface area (Å²) < 4.78 is 5.39. The number of hydrogen-bond donors (Lipinski definition) is 1. The fraction of sp³-hybridized carbons (Fsp3) is 0.500. The van der Waals surface area contributed by atoms with Crippen LogP contribution in [0.2, 0.25) is 0 Å². The number of nitrogens with zero attached hydrogens (tertiary/aromatic N) is 1. The third-order valence-corrected chi connectivity index (χ3v) is 3.44. The first kappa shape index (κ1) is 12.9. The summed E-state index contributed by atoms with van der Waals surface area (Å²) >= 11 is 0. The Morgan fingerprint density at radius 1 is 1.39 bits per heavy atom. The summed E-state index contributed by atoms with van der Waals surface area (Å²) in [4.78, 5) is 13.3. The molecule has 0 radical (unpaired) electrons. The highest BCUT2D eigenvalue weighted by atomic mass is 16.5. The monoisotopic (exact) mass is 249 g/mol. The van der Waals surface area contributed by atoms with Crippen molar-refractivity contribution in [1.82, 2.24) is 4.90 Å². The molecule has 2 atom stereocenters. The summed E-state index contributed by atoms with van der Waals surface area (Å²) in [5.74, 6) is -0.117. The normalized spacial score (nSPS) is 24.1. The van der Waals surface area contributed by atoms with Crippen molar-refractivity contribution in [3.8, 4) is 5.75 Å². The standard InChI is InChI=1S/C14H19NO3/c1-3-18-11-6-4-10(5-7-11)12-8-15(2)9-13(12)14(16)17/h4-7,12-13H,3,8-9H2,1-2H3,(H,16,17)/t12-,13-/m1/s1. The Balaban J connectivity index is 2.16. The van der Waals surface area contributed by atoms with E-state index < -0.39 is 5.97 Å². The van der Waals surface area contributed by atoms with Crippen molar-refractivity contribution < 1.29 is 14.6 Å². The van der Waals surface area contributed by atoms with Crippen molar-refractivity contribution in [3.63, 3.8) is 0 Å². The molecule has 18 heavy (non-hydrogen) atoms. The molecule has 0 saturated carbocycles. The van der Waals surface area contributed by atoms with Gasteiger partial charge in [-0.25, -0.2) is 0 Å². The topological polar surface area (TPSA) is 49.8 Å². The molecule has 4 nitrogen and oxygen atoms in total. The van der Waals surface area contributed by atoms with Crippen molar-refractivity contribution in [3.05, 3.63) is 29.8 Å². The van der Waals surface area contributed by atoms with Gasteiger partial charge >= 0.3 is 5.97 Å². The van der Waals surface area contributed by atoms with Gasteiger partial charge in [-0.1, -0.05) is 12.1 Å². The zero-order valence-electron chi connectivity index (χ0n) is 10.8. The summed E-state index contributed by atoms with van der Waals surface area (Å²) in [5.41, 5.74) is 1.08. The van der Waals surface area contributed by atoms with E-state index in [0.717, 1.165) is 17.9 Å². The van der Waals surface area contributed by atoms with E-state index in [9.17, 15) is 9.90 Å². The molecule has 1 saturated heterocycles. The molecule has 1 aliphatic rings. The molecule has 1 aromatic rings. The van der Waals surface area contributed by atoms with Crippen LogP contribution in [0.1, 0.15) is 18.4 Å². The number of likely N-dealkylation sites (N-methyl/N-ethyl adjacent to an activating group) is 1. The molecule has 0 unspecified atom stereocenters. The lowest BCUT2D eigenvalue weighted by Crippen LogP contribution is -2.21. The van der Waals surface area contributed by atoms with E-state index in [1.165, 1.54) is 0 Å². The van der Waals surface area contributed by atoms with Crippen LogP contribution in [0.3, 0.4) is 0 Å². The van der Waals surface area contributed by atoms with Crippen molar-refractivity contribution in [2.24, 2.45) is 5.92 Å². The molecule has 2 rings (SSSR count). The maximum absolute atomic E-state index is 11.2. The van der Waals surface area contributed by atoms with Crippen LogP contribution in [0.25, 0.3) is 0 Å². The highest BCUT2D eigenvalue weighted by molar-refractivity contribution is 5.72. The predicted molar refractivity (Wildman–Crippen MR) is 69.0 cm³/mol. The lowest BCUT2D eigenvalue weighted by Gasteiger charge is -2.15. The first-order valence-electron chi connectivity index (χ1n) is 6.26. The van der Waals surface area contributed by atoms with Gasteiger partial charge in [0.1, 0.15) is 5.75 Å². The zero-order valence-corrected chi connectivity index (χ0v) is 10.8. The SMILES string of the molecule is CCOc1ccc([C@H]2CN(C)C[C@H]2C(=O)O)cc1. The van der Waals surface area contributed by atoms with Gasteiger partial charge in [0.2, 0.25) is 0 Å². The molecule has 1 heterocycles. The Kier molecular flexibility index (Phi) is 3.87. The van der Waals surface area contributed by atoms with E-state index in [4.69, 9.17) is 4.74 Å². The van der Waals surface area contributed by atoms with Gasteiger partial charge in [0.05, 0.1) is 12.5 Å². The van der Waals surface area contributed by atoms with Gasteiger partial charge in [-0.3, -0.25) is 4.79 Å². The quantitative estimate of drug-likeness (QED) is 0.884. The van der Waals surface area contributed by atoms with Crippen LogP contribution in [0.5, 0.6) is 5.75 Å². The number of ether oxygens (including phenoxy) is 1. The van der Waals surface area contributed by atoms with Crippen LogP contribution in [0.4, 0.5) is 0 Å². The molecule has 0 spiro atoms. The summed E-state index contributed by atoms with van der Waals surface area (Å²) in [7, 11) is 1.96. The summed E-state index contributed by atoms with van der Waals surface area (Å²) in [6.45, 7) is 4.00. The molecule has 98 valence electrons. The molecular weight excluding hydrogens is 230 g/mol. The average Bonchev–Trinajstić information content (AvgIpc) is 2.73. The van der Waals surface area contributed by atoms with Gasteiger partial charge in [-0.05, 0) is 31.7 Å². The van der Waals surface area contributed by atoms with Gasteiger partial charge in [-0.15, -0.1) is 0 Å². The minimum Gasteiger partial charge on any atom is -0.494 e. The number of likely N-dealkylation sites (tertiary alicyclic amines) is 1. The maximum atomic E-state index is 11.2. The second kappa shape index (κ2) is 5.40. The zero-order chi connectivity index (χ0) is 13.1. The number of aliphatic carboxylic acids is 1. The van der Waals surface area contributed by atoms with Gasteiger partial charge in [0.15, 0.2) is 0 Å². The Bertz CT molecular complexity index is 416. The Labute approximate surface area is 107 Å². The third-order valence-electron chi connectivity index (χ3n) is 3.44. The summed E-state index contributed by atoms with van der Waals surface area (Å²) in [6.07, 6.45) is 0. The van der Waals surface area contributed by atoms with Crippen molar-refractivity contribution in [1.29, 1.82) is 0 Å². The van der Waals surface area contributed by atoms with E-state index in [-0.39, 0.29) is 11.8 Å². The largest absolute Gasteiger partial charge is 0.494 e. The Morgan fingerprint density at radius 2 is 2.06 bits per heavy atom. The van der Waals surface area contributed by atoms with Crippen LogP contribution in [-0.4, -0.2) is 42.7 Å². The molecule has 1 aromatic carbocycles. The predicted octanol–water partition coefficient (Wildman–Crippen LogP) is 1.82. The van der Waals surface area contributed by atoms with E-state index in [2.05, 4.69) is 4.90 Å². The average molecular weight is 249 g/mol. The van der Waals surface area contributed by atoms with Crippen LogP contribution < -0.4 is 4.74 Å². The maximum Gasteiger partial charge on any atom is 0.308 e. The van der Waals surface area contributed by atoms with Crippen molar-refractivity contribution in [2.45, 2.75) is 12.8 Å². The van der Waals surface area contributed by atoms with Crippen LogP contribution >= 0.6 is 0 Å². The minimum atomic E-state index is -0.710. The lowest BCUT2D eigenvalue weighted by molar-refractivity contribution is -0.141. The van der Waals surface area contributed by atoms with Crippen molar-refractivity contribution in [2.75, 3.05) is 26.7 Å². The number of hydrogen-bond acceptors (Lipinski definition) is 3. The lowest BCUT2D eigenvalue weighted by atomic mass is 9.89. The van der Waals surface area contributed by atoms with E-state index >= 15 is 0 Å². The minimum absolute atomic E-state index is 0.0724. The number of carboxylic acids is 1. The van der Waals surface area contributed by atoms with Gasteiger partial charge < -0.3 is 14.7 Å². The Morgan fingerprint density at radius 3 is 2.61 bits per heavy atom. The van der Waals surface area contributed by atoms with Crippen LogP contribution in [0.15, 0.2) is 24.3 Å².